The lowest BCUT2D eigenvalue weighted by molar-refractivity contribution is 0.179. The molecule has 0 amide bonds. The summed E-state index contributed by atoms with van der Waals surface area (Å²) >= 11 is 1.48. The molecule has 0 saturated carbocycles. The molecule has 0 spiro atoms. The predicted octanol–water partition coefficient (Wildman–Crippen LogP) is 1.15. The van der Waals surface area contributed by atoms with Gasteiger partial charge in [-0.3, -0.25) is 0 Å². The fourth-order valence-electron chi connectivity index (χ4n) is 1.73. The molecule has 0 unspecified atom stereocenters. The molecule has 0 radical (unpaired) electrons. The van der Waals surface area contributed by atoms with Crippen LogP contribution in [0, 0.1) is 0 Å². The summed E-state index contributed by atoms with van der Waals surface area (Å²) in [7, 11) is 5.55. The van der Waals surface area contributed by atoms with E-state index in [1.807, 2.05) is 29.8 Å². The number of ether oxygens (including phenoxy) is 1. The lowest BCUT2D eigenvalue weighted by atomic mass is 10.4. The Kier molecular flexibility index (Phi) is 4.52. The Hall–Kier alpha value is -1.44. The summed E-state index contributed by atoms with van der Waals surface area (Å²) in [5.41, 5.74) is 0.802. The van der Waals surface area contributed by atoms with Gasteiger partial charge in [0.25, 0.3) is 0 Å². The minimum Gasteiger partial charge on any atom is -0.391 e. The number of nitrogens with zero attached hydrogens (tertiary/aromatic N) is 4. The number of anilines is 1. The Morgan fingerprint density at radius 2 is 2.32 bits per heavy atom. The third kappa shape index (κ3) is 3.12. The summed E-state index contributed by atoms with van der Waals surface area (Å²) in [6.45, 7) is 1.09. The summed E-state index contributed by atoms with van der Waals surface area (Å²) in [5, 5.41) is 10.2. The topological polar surface area (TPSA) is 63.4 Å². The van der Waals surface area contributed by atoms with Crippen molar-refractivity contribution in [2.45, 2.75) is 19.8 Å². The van der Waals surface area contributed by atoms with E-state index in [1.54, 1.807) is 13.3 Å². The third-order valence-corrected chi connectivity index (χ3v) is 4.01. The number of aliphatic hydroxyl groups excluding tert-OH is 1. The Morgan fingerprint density at radius 1 is 1.53 bits per heavy atom. The van der Waals surface area contributed by atoms with E-state index in [0.29, 0.717) is 13.2 Å². The summed E-state index contributed by atoms with van der Waals surface area (Å²) < 4.78 is 7.07. The highest BCUT2D eigenvalue weighted by Gasteiger charge is 2.14. The van der Waals surface area contributed by atoms with Crippen LogP contribution < -0.4 is 4.90 Å². The highest BCUT2D eigenvalue weighted by Crippen LogP contribution is 2.27. The maximum atomic E-state index is 9.32. The van der Waals surface area contributed by atoms with E-state index >= 15 is 0 Å². The average molecular weight is 282 g/mol. The van der Waals surface area contributed by atoms with Gasteiger partial charge in [0.05, 0.1) is 30.3 Å². The van der Waals surface area contributed by atoms with Gasteiger partial charge < -0.3 is 19.3 Å². The second-order valence-electron chi connectivity index (χ2n) is 4.27. The Bertz CT molecular complexity index is 538. The Labute approximate surface area is 116 Å². The van der Waals surface area contributed by atoms with Gasteiger partial charge in [0.2, 0.25) is 0 Å². The summed E-state index contributed by atoms with van der Waals surface area (Å²) in [5.74, 6) is 0.969. The maximum absolute atomic E-state index is 9.32. The minimum absolute atomic E-state index is 0.00734. The molecule has 2 aromatic heterocycles. The molecule has 6 nitrogen and oxygen atoms in total. The van der Waals surface area contributed by atoms with Crippen LogP contribution in [-0.2, 0) is 31.5 Å². The Morgan fingerprint density at radius 3 is 2.89 bits per heavy atom. The highest BCUT2D eigenvalue weighted by atomic mass is 32.1. The van der Waals surface area contributed by atoms with Crippen LogP contribution in [0.3, 0.4) is 0 Å². The zero-order valence-electron chi connectivity index (χ0n) is 11.3. The first-order chi connectivity index (χ1) is 9.15. The number of imidazole rings is 1. The van der Waals surface area contributed by atoms with Crippen LogP contribution in [0.5, 0.6) is 0 Å². The molecular weight excluding hydrogens is 264 g/mol. The quantitative estimate of drug-likeness (QED) is 0.861. The van der Waals surface area contributed by atoms with Crippen molar-refractivity contribution in [3.05, 3.63) is 28.8 Å². The number of hydrogen-bond acceptors (Lipinski definition) is 6. The van der Waals surface area contributed by atoms with Gasteiger partial charge in [0.1, 0.15) is 5.82 Å². The Balaban J connectivity index is 2.14. The van der Waals surface area contributed by atoms with E-state index in [1.165, 1.54) is 11.3 Å². The van der Waals surface area contributed by atoms with Crippen LogP contribution in [0.1, 0.15) is 16.4 Å². The molecule has 2 rings (SSSR count). The largest absolute Gasteiger partial charge is 0.391 e. The molecule has 0 bridgehead atoms. The summed E-state index contributed by atoms with van der Waals surface area (Å²) in [4.78, 5) is 11.7. The normalized spacial score (nSPS) is 10.9. The molecule has 0 atom stereocenters. The first-order valence-electron chi connectivity index (χ1n) is 5.91. The van der Waals surface area contributed by atoms with Crippen molar-refractivity contribution in [2.24, 2.45) is 7.05 Å². The van der Waals surface area contributed by atoms with Crippen molar-refractivity contribution in [3.8, 4) is 0 Å². The van der Waals surface area contributed by atoms with E-state index in [0.717, 1.165) is 21.5 Å². The fourth-order valence-corrected chi connectivity index (χ4v) is 2.62. The second-order valence-corrected chi connectivity index (χ2v) is 5.33. The maximum Gasteiger partial charge on any atom is 0.186 e. The van der Waals surface area contributed by atoms with E-state index in [9.17, 15) is 5.11 Å². The molecule has 0 aliphatic carbocycles. The van der Waals surface area contributed by atoms with Crippen molar-refractivity contribution >= 4 is 16.5 Å². The van der Waals surface area contributed by atoms with E-state index in [4.69, 9.17) is 4.74 Å². The monoisotopic (exact) mass is 282 g/mol. The fraction of sp³-hybridized carbons (Fsp3) is 0.500. The van der Waals surface area contributed by atoms with E-state index < -0.39 is 0 Å². The number of aliphatic hydroxyl groups is 1. The van der Waals surface area contributed by atoms with Gasteiger partial charge in [-0.1, -0.05) is 11.3 Å². The molecule has 0 aromatic carbocycles. The van der Waals surface area contributed by atoms with Gasteiger partial charge >= 0.3 is 0 Å². The number of thiazole rings is 1. The van der Waals surface area contributed by atoms with Gasteiger partial charge in [-0.2, -0.15) is 0 Å². The number of aromatic nitrogens is 3. The average Bonchev–Trinajstić information content (AvgIpc) is 2.97. The van der Waals surface area contributed by atoms with Crippen molar-refractivity contribution in [3.63, 3.8) is 0 Å². The van der Waals surface area contributed by atoms with Gasteiger partial charge in [-0.05, 0) is 0 Å². The molecule has 104 valence electrons. The van der Waals surface area contributed by atoms with Gasteiger partial charge in [0, 0.05) is 33.6 Å². The first-order valence-corrected chi connectivity index (χ1v) is 6.73. The van der Waals surface area contributed by atoms with Crippen molar-refractivity contribution in [2.75, 3.05) is 19.1 Å². The molecular formula is C12H18N4O2S. The number of rotatable bonds is 6. The standard InChI is InChI=1S/C12H18N4O2S/c1-15-5-4-13-11(15)6-16(2)12-14-9(8-18-3)10(7-17)19-12/h4-5,17H,6-8H2,1-3H3. The molecule has 2 heterocycles. The smallest absolute Gasteiger partial charge is 0.186 e. The number of aryl methyl sites for hydroxylation is 1. The SMILES string of the molecule is COCc1nc(N(C)Cc2nccn2C)sc1CO. The van der Waals surface area contributed by atoms with Crippen molar-refractivity contribution in [1.82, 2.24) is 14.5 Å². The van der Waals surface area contributed by atoms with Gasteiger partial charge in [-0.15, -0.1) is 0 Å². The van der Waals surface area contributed by atoms with Crippen LogP contribution >= 0.6 is 11.3 Å². The predicted molar refractivity (Wildman–Crippen MR) is 74.1 cm³/mol. The van der Waals surface area contributed by atoms with Crippen molar-refractivity contribution in [1.29, 1.82) is 0 Å². The van der Waals surface area contributed by atoms with E-state index in [-0.39, 0.29) is 6.61 Å². The van der Waals surface area contributed by atoms with Crippen LogP contribution in [0.4, 0.5) is 5.13 Å². The van der Waals surface area contributed by atoms with Crippen LogP contribution in [0.25, 0.3) is 0 Å². The number of hydrogen-bond donors (Lipinski definition) is 1. The first kappa shape index (κ1) is 14.0. The molecule has 2 aromatic rings. The lowest BCUT2D eigenvalue weighted by Gasteiger charge is -2.15. The molecule has 0 aliphatic rings. The van der Waals surface area contributed by atoms with Crippen LogP contribution in [-0.4, -0.2) is 33.8 Å². The molecule has 19 heavy (non-hydrogen) atoms. The zero-order chi connectivity index (χ0) is 13.8. The number of methoxy groups -OCH3 is 1. The zero-order valence-corrected chi connectivity index (χ0v) is 12.1. The minimum atomic E-state index is -0.00734. The van der Waals surface area contributed by atoms with E-state index in [2.05, 4.69) is 9.97 Å². The third-order valence-electron chi connectivity index (χ3n) is 2.82. The molecule has 1 N–H and O–H groups in total. The van der Waals surface area contributed by atoms with Crippen molar-refractivity contribution < 1.29 is 9.84 Å². The highest BCUT2D eigenvalue weighted by molar-refractivity contribution is 7.15. The molecule has 7 heteroatoms. The lowest BCUT2D eigenvalue weighted by Crippen LogP contribution is -2.18. The summed E-state index contributed by atoms with van der Waals surface area (Å²) in [6.07, 6.45) is 3.70. The van der Waals surface area contributed by atoms with Crippen LogP contribution in [0.2, 0.25) is 0 Å². The summed E-state index contributed by atoms with van der Waals surface area (Å²) in [6, 6.07) is 0. The van der Waals surface area contributed by atoms with Gasteiger partial charge in [0.15, 0.2) is 5.13 Å². The molecule has 0 aliphatic heterocycles. The van der Waals surface area contributed by atoms with Gasteiger partial charge in [-0.25, -0.2) is 9.97 Å². The second kappa shape index (κ2) is 6.14. The van der Waals surface area contributed by atoms with Crippen LogP contribution in [0.15, 0.2) is 12.4 Å². The molecule has 0 fully saturated rings. The molecule has 0 saturated heterocycles.